The summed E-state index contributed by atoms with van der Waals surface area (Å²) in [6.07, 6.45) is 10.6. The maximum Gasteiger partial charge on any atom is 0.223 e. The minimum absolute atomic E-state index is 0.0422. The van der Waals surface area contributed by atoms with Gasteiger partial charge in [0.15, 0.2) is 0 Å². The fraction of sp³-hybridized carbons (Fsp3) is 0.450. The minimum atomic E-state index is -0.0422. The largest absolute Gasteiger partial charge is 0.348 e. The number of hydrogen-bond donors (Lipinski definition) is 1. The van der Waals surface area contributed by atoms with Crippen molar-refractivity contribution in [3.05, 3.63) is 55.7 Å². The summed E-state index contributed by atoms with van der Waals surface area (Å²) in [5, 5.41) is 3.00. The van der Waals surface area contributed by atoms with Crippen LogP contribution in [0.2, 0.25) is 0 Å². The van der Waals surface area contributed by atoms with Crippen molar-refractivity contribution in [2.75, 3.05) is 6.54 Å². The zero-order valence-corrected chi connectivity index (χ0v) is 16.7. The molecule has 1 aliphatic carbocycles. The average Bonchev–Trinajstić information content (AvgIpc) is 3.45. The standard InChI is InChI=1S/C20H22N4OS2/c25-18(6-5-17-21-8-10-26-17)24-9-7-14-19(23-12-22-14)20(24)16-11-13-3-1-2-4-15(13)27-16/h8,10-12,20H,1-7,9H2,(H,22,23)/t20-/m0/s1. The lowest BCUT2D eigenvalue weighted by molar-refractivity contribution is -0.133. The predicted molar refractivity (Wildman–Crippen MR) is 107 cm³/mol. The van der Waals surface area contributed by atoms with Gasteiger partial charge in [-0.15, -0.1) is 22.7 Å². The molecule has 5 nitrogen and oxygen atoms in total. The van der Waals surface area contributed by atoms with Gasteiger partial charge in [-0.05, 0) is 37.3 Å². The van der Waals surface area contributed by atoms with Crippen LogP contribution in [-0.2, 0) is 30.5 Å². The van der Waals surface area contributed by atoms with Crippen LogP contribution in [-0.4, -0.2) is 32.3 Å². The number of rotatable bonds is 4. The first-order chi connectivity index (χ1) is 13.3. The van der Waals surface area contributed by atoms with Crippen LogP contribution in [0.5, 0.6) is 0 Å². The number of amides is 1. The summed E-state index contributed by atoms with van der Waals surface area (Å²) >= 11 is 3.51. The summed E-state index contributed by atoms with van der Waals surface area (Å²) in [6, 6.07) is 2.30. The molecular formula is C20H22N4OS2. The van der Waals surface area contributed by atoms with Crippen LogP contribution in [0.15, 0.2) is 24.0 Å². The third kappa shape index (κ3) is 3.23. The van der Waals surface area contributed by atoms with E-state index in [0.29, 0.717) is 12.8 Å². The normalized spacial score (nSPS) is 19.0. The van der Waals surface area contributed by atoms with Crippen LogP contribution in [0.3, 0.4) is 0 Å². The van der Waals surface area contributed by atoms with E-state index >= 15 is 0 Å². The molecule has 0 saturated heterocycles. The molecule has 0 radical (unpaired) electrons. The van der Waals surface area contributed by atoms with Crippen molar-refractivity contribution in [2.45, 2.75) is 51.0 Å². The Bertz CT molecular complexity index is 920. The lowest BCUT2D eigenvalue weighted by Gasteiger charge is -2.34. The second-order valence-corrected chi connectivity index (χ2v) is 9.38. The number of thiophene rings is 1. The van der Waals surface area contributed by atoms with Gasteiger partial charge in [-0.25, -0.2) is 9.97 Å². The lowest BCUT2D eigenvalue weighted by Crippen LogP contribution is -2.40. The van der Waals surface area contributed by atoms with E-state index in [1.807, 2.05) is 21.6 Å². The Balaban J connectivity index is 1.44. The van der Waals surface area contributed by atoms with Gasteiger partial charge >= 0.3 is 0 Å². The summed E-state index contributed by atoms with van der Waals surface area (Å²) in [7, 11) is 0. The zero-order chi connectivity index (χ0) is 18.2. The van der Waals surface area contributed by atoms with Gasteiger partial charge < -0.3 is 9.88 Å². The van der Waals surface area contributed by atoms with Crippen molar-refractivity contribution >= 4 is 28.6 Å². The number of aromatic nitrogens is 3. The summed E-state index contributed by atoms with van der Waals surface area (Å²) in [5.41, 5.74) is 3.69. The minimum Gasteiger partial charge on any atom is -0.348 e. The number of aryl methyl sites for hydroxylation is 3. The van der Waals surface area contributed by atoms with Crippen molar-refractivity contribution in [3.8, 4) is 0 Å². The van der Waals surface area contributed by atoms with E-state index in [0.717, 1.165) is 23.7 Å². The fourth-order valence-electron chi connectivity index (χ4n) is 4.22. The van der Waals surface area contributed by atoms with Crippen molar-refractivity contribution in [1.82, 2.24) is 19.9 Å². The van der Waals surface area contributed by atoms with Crippen molar-refractivity contribution < 1.29 is 4.79 Å². The van der Waals surface area contributed by atoms with Crippen LogP contribution in [0.1, 0.15) is 57.0 Å². The number of aromatic amines is 1. The molecule has 0 unspecified atom stereocenters. The molecule has 1 amide bonds. The number of H-pyrrole nitrogens is 1. The Morgan fingerprint density at radius 1 is 1.26 bits per heavy atom. The van der Waals surface area contributed by atoms with E-state index in [9.17, 15) is 4.79 Å². The SMILES string of the molecule is O=C(CCc1nccs1)N1CCc2[nH]cnc2[C@@H]1c1cc2c(s1)CCCC2. The number of fused-ring (bicyclic) bond motifs is 2. The molecule has 140 valence electrons. The summed E-state index contributed by atoms with van der Waals surface area (Å²) in [4.78, 5) is 30.2. The van der Waals surface area contributed by atoms with E-state index in [1.54, 1.807) is 23.9 Å². The maximum absolute atomic E-state index is 13.1. The van der Waals surface area contributed by atoms with Crippen LogP contribution >= 0.6 is 22.7 Å². The van der Waals surface area contributed by atoms with Gasteiger partial charge in [0.25, 0.3) is 0 Å². The highest BCUT2D eigenvalue weighted by molar-refractivity contribution is 7.12. The van der Waals surface area contributed by atoms with E-state index in [1.165, 1.54) is 46.7 Å². The monoisotopic (exact) mass is 398 g/mol. The molecule has 1 atom stereocenters. The first kappa shape index (κ1) is 17.1. The average molecular weight is 399 g/mol. The van der Waals surface area contributed by atoms with Gasteiger partial charge in [-0.1, -0.05) is 0 Å². The topological polar surface area (TPSA) is 61.9 Å². The number of nitrogens with one attached hydrogen (secondary N) is 1. The number of imidazole rings is 1. The van der Waals surface area contributed by atoms with Crippen LogP contribution in [0.4, 0.5) is 0 Å². The maximum atomic E-state index is 13.1. The molecule has 27 heavy (non-hydrogen) atoms. The molecule has 0 spiro atoms. The Morgan fingerprint density at radius 2 is 2.19 bits per heavy atom. The molecule has 0 saturated carbocycles. The molecule has 2 aliphatic rings. The molecule has 7 heteroatoms. The Hall–Kier alpha value is -1.99. The molecule has 0 fully saturated rings. The van der Waals surface area contributed by atoms with E-state index in [-0.39, 0.29) is 11.9 Å². The summed E-state index contributed by atoms with van der Waals surface area (Å²) in [6.45, 7) is 0.749. The van der Waals surface area contributed by atoms with Gasteiger partial charge in [0.2, 0.25) is 5.91 Å². The first-order valence-corrected chi connectivity index (χ1v) is 11.3. The summed E-state index contributed by atoms with van der Waals surface area (Å²) < 4.78 is 0. The van der Waals surface area contributed by atoms with E-state index in [2.05, 4.69) is 21.0 Å². The molecule has 0 bridgehead atoms. The molecule has 3 aromatic heterocycles. The molecule has 1 aliphatic heterocycles. The first-order valence-electron chi connectivity index (χ1n) is 9.61. The smallest absolute Gasteiger partial charge is 0.223 e. The third-order valence-corrected chi connectivity index (χ3v) is 7.70. The van der Waals surface area contributed by atoms with Gasteiger partial charge in [0.1, 0.15) is 6.04 Å². The van der Waals surface area contributed by atoms with Crippen molar-refractivity contribution in [2.24, 2.45) is 0 Å². The zero-order valence-electron chi connectivity index (χ0n) is 15.1. The number of nitrogens with zero attached hydrogens (tertiary/aromatic N) is 3. The third-order valence-electron chi connectivity index (χ3n) is 5.57. The van der Waals surface area contributed by atoms with Gasteiger partial charge in [-0.2, -0.15) is 0 Å². The Labute approximate surface area is 166 Å². The van der Waals surface area contributed by atoms with Crippen LogP contribution in [0.25, 0.3) is 0 Å². The van der Waals surface area contributed by atoms with E-state index < -0.39 is 0 Å². The number of carbonyl (C=O) groups excluding carboxylic acids is 1. The van der Waals surface area contributed by atoms with Gasteiger partial charge in [0.05, 0.1) is 17.0 Å². The molecule has 1 N–H and O–H groups in total. The predicted octanol–water partition coefficient (Wildman–Crippen LogP) is 3.91. The quantitative estimate of drug-likeness (QED) is 0.725. The molecule has 5 rings (SSSR count). The number of hydrogen-bond acceptors (Lipinski definition) is 5. The highest BCUT2D eigenvalue weighted by Gasteiger charge is 2.35. The Morgan fingerprint density at radius 3 is 3.04 bits per heavy atom. The molecular weight excluding hydrogens is 376 g/mol. The van der Waals surface area contributed by atoms with Crippen molar-refractivity contribution in [1.29, 1.82) is 0 Å². The van der Waals surface area contributed by atoms with Gasteiger partial charge in [0, 0.05) is 52.8 Å². The Kier molecular flexibility index (Phi) is 4.57. The second kappa shape index (κ2) is 7.20. The lowest BCUT2D eigenvalue weighted by atomic mass is 9.96. The van der Waals surface area contributed by atoms with Crippen LogP contribution in [0, 0.1) is 0 Å². The van der Waals surface area contributed by atoms with Crippen LogP contribution < -0.4 is 0 Å². The molecule has 3 aromatic rings. The van der Waals surface area contributed by atoms with E-state index in [4.69, 9.17) is 0 Å². The molecule has 0 aromatic carbocycles. The number of thiazole rings is 1. The molecule has 4 heterocycles. The fourth-order valence-corrected chi connectivity index (χ4v) is 6.21. The van der Waals surface area contributed by atoms with Crippen molar-refractivity contribution in [3.63, 3.8) is 0 Å². The highest BCUT2D eigenvalue weighted by Crippen LogP contribution is 2.40. The summed E-state index contributed by atoms with van der Waals surface area (Å²) in [5.74, 6) is 0.204. The highest BCUT2D eigenvalue weighted by atomic mass is 32.1. The van der Waals surface area contributed by atoms with Gasteiger partial charge in [-0.3, -0.25) is 4.79 Å². The number of carbonyl (C=O) groups is 1. The second-order valence-electron chi connectivity index (χ2n) is 7.24.